The van der Waals surface area contributed by atoms with Gasteiger partial charge in [-0.2, -0.15) is 0 Å². The minimum absolute atomic E-state index is 0.272. The molecule has 2 heteroatoms. The average molecular weight is 135 g/mol. The van der Waals surface area contributed by atoms with Crippen molar-refractivity contribution in [3.63, 3.8) is 0 Å². The van der Waals surface area contributed by atoms with Crippen LogP contribution in [-0.4, -0.2) is 5.11 Å². The molecule has 1 aromatic carbocycles. The molecule has 52 valence electrons. The van der Waals surface area contributed by atoms with Gasteiger partial charge in [-0.05, 0) is 30.0 Å². The highest BCUT2D eigenvalue weighted by Crippen LogP contribution is 2.09. The molecule has 0 aliphatic rings. The van der Waals surface area contributed by atoms with E-state index in [4.69, 9.17) is 10.8 Å². The van der Waals surface area contributed by atoms with E-state index in [1.807, 2.05) is 0 Å². The predicted octanol–water partition coefficient (Wildman–Crippen LogP) is 1.32. The van der Waals surface area contributed by atoms with Crippen molar-refractivity contribution in [2.75, 3.05) is 0 Å². The van der Waals surface area contributed by atoms with E-state index in [-0.39, 0.29) is 5.75 Å². The van der Waals surface area contributed by atoms with Gasteiger partial charge in [0.2, 0.25) is 0 Å². The lowest BCUT2D eigenvalue weighted by Crippen LogP contribution is -1.76. The molecular formula is C8H9NO. The van der Waals surface area contributed by atoms with Crippen LogP contribution in [0.5, 0.6) is 5.75 Å². The summed E-state index contributed by atoms with van der Waals surface area (Å²) in [7, 11) is 0. The number of benzene rings is 1. The number of hydrogen-bond acceptors (Lipinski definition) is 2. The largest absolute Gasteiger partial charge is 0.508 e. The van der Waals surface area contributed by atoms with Crippen LogP contribution >= 0.6 is 0 Å². The van der Waals surface area contributed by atoms with Crippen molar-refractivity contribution >= 4 is 6.08 Å². The van der Waals surface area contributed by atoms with E-state index in [1.165, 1.54) is 6.20 Å². The van der Waals surface area contributed by atoms with E-state index in [2.05, 4.69) is 0 Å². The van der Waals surface area contributed by atoms with Crippen LogP contribution < -0.4 is 5.73 Å². The summed E-state index contributed by atoms with van der Waals surface area (Å²) in [5, 5.41) is 8.87. The molecule has 0 heterocycles. The van der Waals surface area contributed by atoms with Crippen LogP contribution in [0.4, 0.5) is 0 Å². The molecule has 0 amide bonds. The van der Waals surface area contributed by atoms with E-state index in [0.29, 0.717) is 0 Å². The maximum atomic E-state index is 8.87. The summed E-state index contributed by atoms with van der Waals surface area (Å²) in [4.78, 5) is 0. The first kappa shape index (κ1) is 6.68. The van der Waals surface area contributed by atoms with Gasteiger partial charge in [-0.1, -0.05) is 12.1 Å². The molecule has 1 rings (SSSR count). The van der Waals surface area contributed by atoms with Crippen molar-refractivity contribution in [2.24, 2.45) is 5.73 Å². The smallest absolute Gasteiger partial charge is 0.115 e. The van der Waals surface area contributed by atoms with Crippen molar-refractivity contribution in [1.29, 1.82) is 0 Å². The lowest BCUT2D eigenvalue weighted by atomic mass is 10.2. The van der Waals surface area contributed by atoms with Crippen molar-refractivity contribution < 1.29 is 5.11 Å². The van der Waals surface area contributed by atoms with Gasteiger partial charge in [-0.3, -0.25) is 0 Å². The first-order valence-corrected chi connectivity index (χ1v) is 3.00. The summed E-state index contributed by atoms with van der Waals surface area (Å²) in [6, 6.07) is 6.82. The third kappa shape index (κ3) is 1.52. The molecule has 0 fully saturated rings. The van der Waals surface area contributed by atoms with Gasteiger partial charge in [0.15, 0.2) is 0 Å². The van der Waals surface area contributed by atoms with Crippen molar-refractivity contribution in [2.45, 2.75) is 0 Å². The molecule has 0 aliphatic carbocycles. The second kappa shape index (κ2) is 2.92. The molecular weight excluding hydrogens is 126 g/mol. The second-order valence-corrected chi connectivity index (χ2v) is 1.95. The second-order valence-electron chi connectivity index (χ2n) is 1.95. The lowest BCUT2D eigenvalue weighted by molar-refractivity contribution is 0.475. The molecule has 3 N–H and O–H groups in total. The first-order valence-electron chi connectivity index (χ1n) is 3.00. The van der Waals surface area contributed by atoms with Crippen LogP contribution in [0.25, 0.3) is 6.08 Å². The number of phenols is 1. The van der Waals surface area contributed by atoms with Gasteiger partial charge in [0.25, 0.3) is 0 Å². The fourth-order valence-electron chi connectivity index (χ4n) is 0.697. The molecule has 0 saturated heterocycles. The number of nitrogens with two attached hydrogens (primary N) is 1. The predicted molar refractivity (Wildman–Crippen MR) is 41.3 cm³/mol. The van der Waals surface area contributed by atoms with Gasteiger partial charge < -0.3 is 10.8 Å². The third-order valence-electron chi connectivity index (χ3n) is 1.18. The monoisotopic (exact) mass is 135 g/mol. The molecule has 0 radical (unpaired) electrons. The molecule has 0 aromatic heterocycles. The average Bonchev–Trinajstić information content (AvgIpc) is 1.95. The molecule has 0 unspecified atom stereocenters. The Morgan fingerprint density at radius 3 is 2.30 bits per heavy atom. The van der Waals surface area contributed by atoms with Crippen molar-refractivity contribution in [3.8, 4) is 5.75 Å². The summed E-state index contributed by atoms with van der Waals surface area (Å²) in [6.07, 6.45) is 3.23. The van der Waals surface area contributed by atoms with Crippen LogP contribution in [0.3, 0.4) is 0 Å². The number of phenolic OH excluding ortho intramolecular Hbond substituents is 1. The topological polar surface area (TPSA) is 46.2 Å². The van der Waals surface area contributed by atoms with Crippen LogP contribution in [-0.2, 0) is 0 Å². The van der Waals surface area contributed by atoms with E-state index in [9.17, 15) is 0 Å². The molecule has 0 spiro atoms. The minimum atomic E-state index is 0.272. The highest BCUT2D eigenvalue weighted by molar-refractivity contribution is 5.49. The summed E-state index contributed by atoms with van der Waals surface area (Å²) >= 11 is 0. The van der Waals surface area contributed by atoms with E-state index in [1.54, 1.807) is 30.3 Å². The Bertz CT molecular complexity index is 226. The zero-order chi connectivity index (χ0) is 7.40. The highest BCUT2D eigenvalue weighted by Gasteiger charge is 1.85. The van der Waals surface area contributed by atoms with Crippen molar-refractivity contribution in [3.05, 3.63) is 36.0 Å². The standard InChI is InChI=1S/C8H9NO/c9-6-5-7-1-3-8(10)4-2-7/h1-6,10H,9H2. The Morgan fingerprint density at radius 1 is 1.20 bits per heavy atom. The molecule has 0 atom stereocenters. The minimum Gasteiger partial charge on any atom is -0.508 e. The summed E-state index contributed by atoms with van der Waals surface area (Å²) < 4.78 is 0. The molecule has 0 aliphatic heterocycles. The highest BCUT2D eigenvalue weighted by atomic mass is 16.3. The first-order chi connectivity index (χ1) is 4.83. The SMILES string of the molecule is NC=Cc1ccc(O)cc1. The number of aromatic hydroxyl groups is 1. The Morgan fingerprint density at radius 2 is 1.80 bits per heavy atom. The van der Waals surface area contributed by atoms with Gasteiger partial charge in [0, 0.05) is 0 Å². The van der Waals surface area contributed by atoms with Gasteiger partial charge in [-0.15, -0.1) is 0 Å². The molecule has 0 bridgehead atoms. The van der Waals surface area contributed by atoms with E-state index in [0.717, 1.165) is 5.56 Å². The Kier molecular flexibility index (Phi) is 1.95. The maximum absolute atomic E-state index is 8.87. The zero-order valence-corrected chi connectivity index (χ0v) is 5.49. The molecule has 0 saturated carbocycles. The lowest BCUT2D eigenvalue weighted by Gasteiger charge is -1.91. The number of rotatable bonds is 1. The van der Waals surface area contributed by atoms with Gasteiger partial charge >= 0.3 is 0 Å². The fourth-order valence-corrected chi connectivity index (χ4v) is 0.697. The Balaban J connectivity index is 2.89. The number of hydrogen-bond donors (Lipinski definition) is 2. The Hall–Kier alpha value is -1.44. The molecule has 10 heavy (non-hydrogen) atoms. The van der Waals surface area contributed by atoms with E-state index >= 15 is 0 Å². The van der Waals surface area contributed by atoms with Gasteiger partial charge in [0.1, 0.15) is 5.75 Å². The maximum Gasteiger partial charge on any atom is 0.115 e. The quantitative estimate of drug-likeness (QED) is 0.610. The van der Waals surface area contributed by atoms with Crippen LogP contribution in [0, 0.1) is 0 Å². The van der Waals surface area contributed by atoms with Crippen LogP contribution in [0.2, 0.25) is 0 Å². The van der Waals surface area contributed by atoms with E-state index < -0.39 is 0 Å². The summed E-state index contributed by atoms with van der Waals surface area (Å²) in [6.45, 7) is 0. The van der Waals surface area contributed by atoms with Crippen LogP contribution in [0.15, 0.2) is 30.5 Å². The summed E-state index contributed by atoms with van der Waals surface area (Å²) in [5.41, 5.74) is 6.14. The van der Waals surface area contributed by atoms with Crippen LogP contribution in [0.1, 0.15) is 5.56 Å². The molecule has 1 aromatic rings. The summed E-state index contributed by atoms with van der Waals surface area (Å²) in [5.74, 6) is 0.272. The van der Waals surface area contributed by atoms with Gasteiger partial charge in [0.05, 0.1) is 0 Å². The van der Waals surface area contributed by atoms with Crippen molar-refractivity contribution in [1.82, 2.24) is 0 Å². The Labute approximate surface area is 59.6 Å². The molecule has 2 nitrogen and oxygen atoms in total. The normalized spacial score (nSPS) is 10.4. The van der Waals surface area contributed by atoms with Gasteiger partial charge in [-0.25, -0.2) is 0 Å². The zero-order valence-electron chi connectivity index (χ0n) is 5.49. The third-order valence-corrected chi connectivity index (χ3v) is 1.18. The fraction of sp³-hybridized carbons (Fsp3) is 0.